The number of nitrogens with zero attached hydrogens (tertiary/aromatic N) is 2. The highest BCUT2D eigenvalue weighted by Gasteiger charge is 2.34. The van der Waals surface area contributed by atoms with Gasteiger partial charge >= 0.3 is 6.03 Å². The van der Waals surface area contributed by atoms with E-state index in [-0.39, 0.29) is 12.3 Å². The molecule has 1 atom stereocenters. The fourth-order valence-electron chi connectivity index (χ4n) is 4.58. The van der Waals surface area contributed by atoms with Crippen LogP contribution in [-0.4, -0.2) is 36.1 Å². The van der Waals surface area contributed by atoms with E-state index in [0.29, 0.717) is 29.1 Å². The lowest BCUT2D eigenvalue weighted by Crippen LogP contribution is -2.51. The van der Waals surface area contributed by atoms with E-state index in [4.69, 9.17) is 4.99 Å². The van der Waals surface area contributed by atoms with Crippen LogP contribution in [0, 0.1) is 6.92 Å². The second-order valence-electron chi connectivity index (χ2n) is 9.24. The van der Waals surface area contributed by atoms with Crippen molar-refractivity contribution < 1.29 is 14.4 Å². The number of rotatable bonds is 7. The minimum atomic E-state index is -1.24. The number of carbonyl (C=O) groups is 3. The molecule has 1 unspecified atom stereocenters. The first-order valence-electron chi connectivity index (χ1n) is 12.7. The van der Waals surface area contributed by atoms with Crippen LogP contribution in [0.4, 0.5) is 10.5 Å². The monoisotopic (exact) mass is 516 g/mol. The number of urea groups is 1. The van der Waals surface area contributed by atoms with Gasteiger partial charge < -0.3 is 15.5 Å². The molecule has 0 spiro atoms. The highest BCUT2D eigenvalue weighted by molar-refractivity contribution is 6.21. The highest BCUT2D eigenvalue weighted by atomic mass is 16.2. The summed E-state index contributed by atoms with van der Waals surface area (Å²) in [5, 5.41) is 5.52. The van der Waals surface area contributed by atoms with Crippen LogP contribution in [-0.2, 0) is 11.3 Å². The molecule has 0 aliphatic carbocycles. The predicted molar refractivity (Wildman–Crippen MR) is 152 cm³/mol. The third kappa shape index (κ3) is 5.78. The number of nitrogens with one attached hydrogen (secondary N) is 2. The van der Waals surface area contributed by atoms with Gasteiger partial charge in [-0.25, -0.2) is 9.79 Å². The van der Waals surface area contributed by atoms with E-state index in [0.717, 1.165) is 16.7 Å². The summed E-state index contributed by atoms with van der Waals surface area (Å²) >= 11 is 0. The van der Waals surface area contributed by atoms with Gasteiger partial charge in [0, 0.05) is 23.2 Å². The van der Waals surface area contributed by atoms with Gasteiger partial charge in [0.25, 0.3) is 5.91 Å². The average Bonchev–Trinajstić information content (AvgIpc) is 3.08. The van der Waals surface area contributed by atoms with Crippen molar-refractivity contribution >= 4 is 29.1 Å². The van der Waals surface area contributed by atoms with Crippen LogP contribution in [0.2, 0.25) is 0 Å². The van der Waals surface area contributed by atoms with Crippen LogP contribution in [0.25, 0.3) is 0 Å². The number of aliphatic imine (C=N–C) groups is 1. The minimum Gasteiger partial charge on any atom is -0.334 e. The minimum absolute atomic E-state index is 0.192. The molecule has 2 N–H and O–H groups in total. The fourth-order valence-corrected chi connectivity index (χ4v) is 4.58. The number of amides is 3. The number of carbonyl (C=O) groups excluding carboxylic acids is 3. The second kappa shape index (κ2) is 11.6. The molecule has 0 saturated carbocycles. The second-order valence-corrected chi connectivity index (χ2v) is 9.24. The Morgan fingerprint density at radius 1 is 0.821 bits per heavy atom. The Morgan fingerprint density at radius 2 is 1.46 bits per heavy atom. The van der Waals surface area contributed by atoms with Crippen molar-refractivity contribution in [2.45, 2.75) is 19.6 Å². The molecule has 7 nitrogen and oxygen atoms in total. The molecule has 1 aliphatic heterocycles. The molecule has 39 heavy (non-hydrogen) atoms. The number of aryl methyl sites for hydroxylation is 1. The lowest BCUT2D eigenvalue weighted by molar-refractivity contribution is -0.120. The number of Topliss-reactive ketones (excluding diaryl/α,β-unsaturated/α-hetero) is 1. The molecule has 1 heterocycles. The molecular weight excluding hydrogens is 488 g/mol. The van der Waals surface area contributed by atoms with E-state index < -0.39 is 18.1 Å². The molecule has 3 amide bonds. The molecule has 194 valence electrons. The summed E-state index contributed by atoms with van der Waals surface area (Å²) in [6, 6.07) is 33.1. The Hall–Kier alpha value is -5.04. The van der Waals surface area contributed by atoms with Gasteiger partial charge in [-0.05, 0) is 24.1 Å². The number of para-hydroxylation sites is 1. The number of hydrogen-bond acceptors (Lipinski definition) is 4. The molecule has 0 saturated heterocycles. The standard InChI is InChI=1S/C32H28N4O3/c1-22-12-8-9-17-25(22)28(37)21-36-27-19-11-10-18-26(27)29(24-15-6-3-7-16-24)34-30(31(36)38)35-32(39)33-20-23-13-4-2-5-14-23/h2-19,30H,20-21H2,1H3,(H2,33,35,39). The van der Waals surface area contributed by atoms with Gasteiger partial charge in [-0.1, -0.05) is 103 Å². The van der Waals surface area contributed by atoms with Gasteiger partial charge in [0.15, 0.2) is 5.78 Å². The van der Waals surface area contributed by atoms with Gasteiger partial charge in [-0.3, -0.25) is 9.59 Å². The van der Waals surface area contributed by atoms with Crippen LogP contribution >= 0.6 is 0 Å². The zero-order valence-electron chi connectivity index (χ0n) is 21.5. The van der Waals surface area contributed by atoms with Crippen molar-refractivity contribution in [3.8, 4) is 0 Å². The lowest BCUT2D eigenvalue weighted by Gasteiger charge is -2.25. The largest absolute Gasteiger partial charge is 0.334 e. The third-order valence-electron chi connectivity index (χ3n) is 6.57. The average molecular weight is 517 g/mol. The predicted octanol–water partition coefficient (Wildman–Crippen LogP) is 4.89. The molecule has 0 aromatic heterocycles. The maximum absolute atomic E-state index is 14.0. The Balaban J connectivity index is 1.50. The molecule has 0 bridgehead atoms. The van der Waals surface area contributed by atoms with Crippen molar-refractivity contribution in [1.82, 2.24) is 10.6 Å². The summed E-state index contributed by atoms with van der Waals surface area (Å²) in [7, 11) is 0. The van der Waals surface area contributed by atoms with Crippen molar-refractivity contribution in [3.05, 3.63) is 137 Å². The molecule has 0 radical (unpaired) electrons. The Morgan fingerprint density at radius 3 is 2.21 bits per heavy atom. The van der Waals surface area contributed by atoms with E-state index in [1.807, 2.05) is 97.9 Å². The summed E-state index contributed by atoms with van der Waals surface area (Å²) in [5.41, 5.74) is 4.89. The van der Waals surface area contributed by atoms with Gasteiger partial charge in [-0.15, -0.1) is 0 Å². The third-order valence-corrected chi connectivity index (χ3v) is 6.57. The Labute approximate surface area is 227 Å². The van der Waals surface area contributed by atoms with Gasteiger partial charge in [-0.2, -0.15) is 0 Å². The van der Waals surface area contributed by atoms with Crippen LogP contribution < -0.4 is 15.5 Å². The molecular formula is C32H28N4O3. The molecule has 7 heteroatoms. The first-order valence-corrected chi connectivity index (χ1v) is 12.7. The van der Waals surface area contributed by atoms with E-state index in [1.165, 1.54) is 4.90 Å². The summed E-state index contributed by atoms with van der Waals surface area (Å²) < 4.78 is 0. The quantitative estimate of drug-likeness (QED) is 0.343. The highest BCUT2D eigenvalue weighted by Crippen LogP contribution is 2.28. The van der Waals surface area contributed by atoms with Crippen molar-refractivity contribution in [3.63, 3.8) is 0 Å². The summed E-state index contributed by atoms with van der Waals surface area (Å²) in [4.78, 5) is 46.5. The molecule has 1 aliphatic rings. The number of anilines is 1. The summed E-state index contributed by atoms with van der Waals surface area (Å²) in [6.45, 7) is 1.96. The van der Waals surface area contributed by atoms with Crippen molar-refractivity contribution in [1.29, 1.82) is 0 Å². The van der Waals surface area contributed by atoms with Crippen molar-refractivity contribution in [2.24, 2.45) is 4.99 Å². The smallest absolute Gasteiger partial charge is 0.317 e. The number of ketones is 1. The first-order chi connectivity index (χ1) is 19.0. The van der Waals surface area contributed by atoms with Gasteiger partial charge in [0.1, 0.15) is 0 Å². The first kappa shape index (κ1) is 25.6. The van der Waals surface area contributed by atoms with Crippen LogP contribution in [0.5, 0.6) is 0 Å². The maximum atomic E-state index is 14.0. The number of benzodiazepines with no additional fused rings is 1. The Kier molecular flexibility index (Phi) is 7.59. The number of fused-ring (bicyclic) bond motifs is 1. The normalized spacial score (nSPS) is 14.6. The van der Waals surface area contributed by atoms with Crippen LogP contribution in [0.15, 0.2) is 114 Å². The lowest BCUT2D eigenvalue weighted by atomic mass is 9.99. The van der Waals surface area contributed by atoms with E-state index in [9.17, 15) is 14.4 Å². The molecule has 5 rings (SSSR count). The van der Waals surface area contributed by atoms with E-state index >= 15 is 0 Å². The molecule has 4 aromatic carbocycles. The summed E-state index contributed by atoms with van der Waals surface area (Å²) in [6.07, 6.45) is -1.24. The van der Waals surface area contributed by atoms with Crippen LogP contribution in [0.3, 0.4) is 0 Å². The zero-order chi connectivity index (χ0) is 27.2. The van der Waals surface area contributed by atoms with Crippen molar-refractivity contribution in [2.75, 3.05) is 11.4 Å². The van der Waals surface area contributed by atoms with Gasteiger partial charge in [0.05, 0.1) is 17.9 Å². The maximum Gasteiger partial charge on any atom is 0.317 e. The number of hydrogen-bond donors (Lipinski definition) is 2. The van der Waals surface area contributed by atoms with E-state index in [2.05, 4.69) is 10.6 Å². The fraction of sp³-hybridized carbons (Fsp3) is 0.125. The topological polar surface area (TPSA) is 90.9 Å². The van der Waals surface area contributed by atoms with Crippen LogP contribution in [0.1, 0.15) is 32.6 Å². The van der Waals surface area contributed by atoms with Gasteiger partial charge in [0.2, 0.25) is 6.17 Å². The Bertz CT molecular complexity index is 1530. The van der Waals surface area contributed by atoms with E-state index in [1.54, 1.807) is 18.2 Å². The number of benzene rings is 4. The SMILES string of the molecule is Cc1ccccc1C(=O)CN1C(=O)C(NC(=O)NCc2ccccc2)N=C(c2ccccc2)c2ccccc21. The molecule has 0 fully saturated rings. The molecule has 4 aromatic rings. The summed E-state index contributed by atoms with van der Waals surface area (Å²) in [5.74, 6) is -0.697. The zero-order valence-corrected chi connectivity index (χ0v) is 21.5.